The Kier molecular flexibility index (Phi) is 7.40. The number of carbonyl (C=O) groups excluding carboxylic acids is 3. The zero-order valence-corrected chi connectivity index (χ0v) is 16.9. The molecule has 1 aliphatic heterocycles. The molecule has 0 atom stereocenters. The van der Waals surface area contributed by atoms with Gasteiger partial charge in [-0.05, 0) is 55.5 Å². The van der Waals surface area contributed by atoms with Crippen molar-refractivity contribution in [1.82, 2.24) is 10.2 Å². The topological polar surface area (TPSA) is 99.8 Å². The van der Waals surface area contributed by atoms with Crippen molar-refractivity contribution < 1.29 is 19.1 Å². The first-order valence-electron chi connectivity index (χ1n) is 9.96. The summed E-state index contributed by atoms with van der Waals surface area (Å²) < 4.78 is 5.26. The fourth-order valence-electron chi connectivity index (χ4n) is 3.03. The van der Waals surface area contributed by atoms with E-state index in [9.17, 15) is 14.4 Å². The summed E-state index contributed by atoms with van der Waals surface area (Å²) in [4.78, 5) is 38.1. The van der Waals surface area contributed by atoms with E-state index in [-0.39, 0.29) is 24.3 Å². The van der Waals surface area contributed by atoms with Crippen molar-refractivity contribution in [1.29, 1.82) is 0 Å². The molecule has 1 heterocycles. The lowest BCUT2D eigenvalue weighted by atomic mass is 10.1. The summed E-state index contributed by atoms with van der Waals surface area (Å²) in [6.45, 7) is 4.81. The predicted octanol–water partition coefficient (Wildman–Crippen LogP) is 1.96. The number of morpholine rings is 1. The Morgan fingerprint density at radius 2 is 1.50 bits per heavy atom. The number of benzene rings is 2. The minimum absolute atomic E-state index is 0.0334. The van der Waals surface area contributed by atoms with Gasteiger partial charge in [0.15, 0.2) is 0 Å². The normalized spacial score (nSPS) is 13.4. The van der Waals surface area contributed by atoms with Crippen LogP contribution >= 0.6 is 0 Å². The van der Waals surface area contributed by atoms with Crippen molar-refractivity contribution in [3.63, 3.8) is 0 Å². The van der Waals surface area contributed by atoms with Crippen LogP contribution in [-0.2, 0) is 9.53 Å². The zero-order valence-electron chi connectivity index (χ0n) is 16.9. The minimum atomic E-state index is -0.213. The third kappa shape index (κ3) is 5.81. The van der Waals surface area contributed by atoms with Crippen LogP contribution in [0.25, 0.3) is 0 Å². The molecule has 2 aromatic rings. The Bertz CT molecular complexity index is 875. The Morgan fingerprint density at radius 3 is 2.13 bits per heavy atom. The molecule has 3 amide bonds. The second-order valence-electron chi connectivity index (χ2n) is 6.82. The molecule has 0 aromatic heterocycles. The highest BCUT2D eigenvalue weighted by Crippen LogP contribution is 2.13. The third-order valence-corrected chi connectivity index (χ3v) is 4.65. The molecule has 0 unspecified atom stereocenters. The predicted molar refractivity (Wildman–Crippen MR) is 115 cm³/mol. The highest BCUT2D eigenvalue weighted by Gasteiger charge is 2.18. The molecular weight excluding hydrogens is 384 g/mol. The first kappa shape index (κ1) is 21.3. The summed E-state index contributed by atoms with van der Waals surface area (Å²) in [5.74, 6) is -0.374. The SMILES string of the molecule is CCNC(=O)c1ccc(NCC(=O)Nc2ccc(C(=O)N3CCOCC3)cc2)cc1. The molecule has 1 saturated heterocycles. The minimum Gasteiger partial charge on any atom is -0.378 e. The molecule has 8 heteroatoms. The number of hydrogen-bond acceptors (Lipinski definition) is 5. The van der Waals surface area contributed by atoms with Gasteiger partial charge in [-0.3, -0.25) is 14.4 Å². The highest BCUT2D eigenvalue weighted by molar-refractivity contribution is 5.97. The van der Waals surface area contributed by atoms with Crippen molar-refractivity contribution in [3.8, 4) is 0 Å². The highest BCUT2D eigenvalue weighted by atomic mass is 16.5. The Hall–Kier alpha value is -3.39. The lowest BCUT2D eigenvalue weighted by Gasteiger charge is -2.26. The summed E-state index contributed by atoms with van der Waals surface area (Å²) in [5, 5.41) is 8.55. The van der Waals surface area contributed by atoms with Gasteiger partial charge in [-0.1, -0.05) is 0 Å². The van der Waals surface area contributed by atoms with Gasteiger partial charge in [0, 0.05) is 42.1 Å². The molecule has 3 N–H and O–H groups in total. The largest absolute Gasteiger partial charge is 0.378 e. The second-order valence-corrected chi connectivity index (χ2v) is 6.82. The maximum Gasteiger partial charge on any atom is 0.254 e. The van der Waals surface area contributed by atoms with Crippen LogP contribution in [0.3, 0.4) is 0 Å². The van der Waals surface area contributed by atoms with E-state index in [2.05, 4.69) is 16.0 Å². The van der Waals surface area contributed by atoms with Gasteiger partial charge in [-0.2, -0.15) is 0 Å². The quantitative estimate of drug-likeness (QED) is 0.648. The molecule has 0 radical (unpaired) electrons. The number of anilines is 2. The maximum atomic E-state index is 12.4. The van der Waals surface area contributed by atoms with E-state index in [0.29, 0.717) is 49.7 Å². The summed E-state index contributed by atoms with van der Waals surface area (Å²) in [5.41, 5.74) is 2.51. The molecule has 8 nitrogen and oxygen atoms in total. The first-order chi connectivity index (χ1) is 14.6. The van der Waals surface area contributed by atoms with Gasteiger partial charge in [0.05, 0.1) is 19.8 Å². The maximum absolute atomic E-state index is 12.4. The number of amides is 3. The molecule has 0 saturated carbocycles. The first-order valence-corrected chi connectivity index (χ1v) is 9.96. The van der Waals surface area contributed by atoms with Crippen molar-refractivity contribution >= 4 is 29.1 Å². The third-order valence-electron chi connectivity index (χ3n) is 4.65. The standard InChI is InChI=1S/C22H26N4O4/c1-2-23-21(28)16-3-7-18(8-4-16)24-15-20(27)25-19-9-5-17(6-10-19)22(29)26-11-13-30-14-12-26/h3-10,24H,2,11-15H2,1H3,(H,23,28)(H,25,27). The van der Waals surface area contributed by atoms with Gasteiger partial charge in [-0.15, -0.1) is 0 Å². The van der Waals surface area contributed by atoms with Crippen LogP contribution in [0.15, 0.2) is 48.5 Å². The van der Waals surface area contributed by atoms with Crippen LogP contribution in [0.4, 0.5) is 11.4 Å². The van der Waals surface area contributed by atoms with E-state index in [4.69, 9.17) is 4.74 Å². The van der Waals surface area contributed by atoms with Crippen molar-refractivity contribution in [2.45, 2.75) is 6.92 Å². The van der Waals surface area contributed by atoms with Crippen LogP contribution in [0.2, 0.25) is 0 Å². The van der Waals surface area contributed by atoms with E-state index < -0.39 is 0 Å². The van der Waals surface area contributed by atoms with Crippen molar-refractivity contribution in [2.24, 2.45) is 0 Å². The molecule has 0 aliphatic carbocycles. The molecular formula is C22H26N4O4. The monoisotopic (exact) mass is 410 g/mol. The molecule has 0 spiro atoms. The second kappa shape index (κ2) is 10.4. The molecule has 0 bridgehead atoms. The van der Waals surface area contributed by atoms with E-state index in [1.54, 1.807) is 53.4 Å². The lowest BCUT2D eigenvalue weighted by molar-refractivity contribution is -0.114. The van der Waals surface area contributed by atoms with Crippen molar-refractivity contribution in [2.75, 3.05) is 50.0 Å². The molecule has 30 heavy (non-hydrogen) atoms. The van der Waals surface area contributed by atoms with Crippen LogP contribution in [0.5, 0.6) is 0 Å². The van der Waals surface area contributed by atoms with E-state index in [1.165, 1.54) is 0 Å². The lowest BCUT2D eigenvalue weighted by Crippen LogP contribution is -2.40. The Balaban J connectivity index is 1.47. The van der Waals surface area contributed by atoms with Gasteiger partial charge in [0.25, 0.3) is 11.8 Å². The summed E-state index contributed by atoms with van der Waals surface area (Å²) >= 11 is 0. The van der Waals surface area contributed by atoms with Gasteiger partial charge in [0.2, 0.25) is 5.91 Å². The summed E-state index contributed by atoms with van der Waals surface area (Å²) in [6.07, 6.45) is 0. The molecule has 1 aliphatic rings. The van der Waals surface area contributed by atoms with Crippen LogP contribution in [0.1, 0.15) is 27.6 Å². The van der Waals surface area contributed by atoms with E-state index in [0.717, 1.165) is 5.69 Å². The van der Waals surface area contributed by atoms with Gasteiger partial charge in [-0.25, -0.2) is 0 Å². The van der Waals surface area contributed by atoms with Gasteiger partial charge in [0.1, 0.15) is 0 Å². The van der Waals surface area contributed by atoms with Crippen LogP contribution < -0.4 is 16.0 Å². The van der Waals surface area contributed by atoms with E-state index >= 15 is 0 Å². The molecule has 1 fully saturated rings. The number of nitrogens with one attached hydrogen (secondary N) is 3. The molecule has 3 rings (SSSR count). The fraction of sp³-hybridized carbons (Fsp3) is 0.318. The van der Waals surface area contributed by atoms with Crippen LogP contribution in [-0.4, -0.2) is 62.0 Å². The zero-order chi connectivity index (χ0) is 21.3. The Labute approximate surface area is 175 Å². The molecule has 2 aromatic carbocycles. The number of rotatable bonds is 7. The average Bonchev–Trinajstić information content (AvgIpc) is 2.79. The average molecular weight is 410 g/mol. The smallest absolute Gasteiger partial charge is 0.254 e. The Morgan fingerprint density at radius 1 is 0.900 bits per heavy atom. The summed E-state index contributed by atoms with van der Waals surface area (Å²) in [7, 11) is 0. The van der Waals surface area contributed by atoms with Gasteiger partial charge < -0.3 is 25.6 Å². The number of ether oxygens (including phenoxy) is 1. The number of nitrogens with zero attached hydrogens (tertiary/aromatic N) is 1. The van der Waals surface area contributed by atoms with E-state index in [1.807, 2.05) is 6.92 Å². The van der Waals surface area contributed by atoms with Crippen LogP contribution in [0, 0.1) is 0 Å². The summed E-state index contributed by atoms with van der Waals surface area (Å²) in [6, 6.07) is 13.8. The number of carbonyl (C=O) groups is 3. The van der Waals surface area contributed by atoms with Crippen molar-refractivity contribution in [3.05, 3.63) is 59.7 Å². The number of hydrogen-bond donors (Lipinski definition) is 3. The fourth-order valence-corrected chi connectivity index (χ4v) is 3.03. The van der Waals surface area contributed by atoms with Gasteiger partial charge >= 0.3 is 0 Å². The molecule has 158 valence electrons.